The van der Waals surface area contributed by atoms with Gasteiger partial charge in [-0.2, -0.15) is 4.31 Å². The zero-order valence-electron chi connectivity index (χ0n) is 19.5. The Kier molecular flexibility index (Phi) is 8.44. The molecule has 33 heavy (non-hydrogen) atoms. The maximum absolute atomic E-state index is 12.9. The third-order valence-corrected chi connectivity index (χ3v) is 7.72. The number of ether oxygens (including phenoxy) is 1. The monoisotopic (exact) mass is 479 g/mol. The normalized spacial score (nSPS) is 16.0. The number of rotatable bonds is 10. The van der Waals surface area contributed by atoms with Crippen LogP contribution in [0.1, 0.15) is 38.9 Å². The Morgan fingerprint density at radius 1 is 1.18 bits per heavy atom. The first-order valence-corrected chi connectivity index (χ1v) is 12.8. The smallest absolute Gasteiger partial charge is 0.243 e. The van der Waals surface area contributed by atoms with Crippen molar-refractivity contribution in [2.45, 2.75) is 50.5 Å². The number of morpholine rings is 1. The molecule has 10 nitrogen and oxygen atoms in total. The van der Waals surface area contributed by atoms with Crippen LogP contribution in [-0.4, -0.2) is 73.0 Å². The second-order valence-corrected chi connectivity index (χ2v) is 10.2. The number of nitrogens with one attached hydrogen (secondary N) is 2. The molecule has 1 saturated heterocycles. The Morgan fingerprint density at radius 2 is 1.91 bits per heavy atom. The number of fused-ring (bicyclic) bond motifs is 1. The van der Waals surface area contributed by atoms with E-state index in [2.05, 4.69) is 15.6 Å². The number of amides is 2. The number of carbonyl (C=O) groups is 2. The van der Waals surface area contributed by atoms with E-state index in [4.69, 9.17) is 4.74 Å². The third kappa shape index (κ3) is 6.30. The summed E-state index contributed by atoms with van der Waals surface area (Å²) in [7, 11) is -1.76. The second-order valence-electron chi connectivity index (χ2n) is 8.23. The number of benzene rings is 1. The van der Waals surface area contributed by atoms with Crippen LogP contribution in [0.3, 0.4) is 0 Å². The van der Waals surface area contributed by atoms with Crippen LogP contribution in [0.25, 0.3) is 11.0 Å². The topological polar surface area (TPSA) is 123 Å². The first-order chi connectivity index (χ1) is 15.7. The van der Waals surface area contributed by atoms with Crippen molar-refractivity contribution in [3.05, 3.63) is 24.0 Å². The highest BCUT2D eigenvalue weighted by molar-refractivity contribution is 7.89. The fourth-order valence-corrected chi connectivity index (χ4v) is 5.06. The van der Waals surface area contributed by atoms with Gasteiger partial charge in [-0.15, -0.1) is 0 Å². The maximum atomic E-state index is 12.9. The summed E-state index contributed by atoms with van der Waals surface area (Å²) in [6.07, 6.45) is 1.73. The highest BCUT2D eigenvalue weighted by Crippen LogP contribution is 2.23. The quantitative estimate of drug-likeness (QED) is 0.523. The summed E-state index contributed by atoms with van der Waals surface area (Å²) in [6.45, 7) is 5.67. The van der Waals surface area contributed by atoms with E-state index < -0.39 is 10.0 Å². The van der Waals surface area contributed by atoms with E-state index in [0.29, 0.717) is 44.1 Å². The van der Waals surface area contributed by atoms with Crippen molar-refractivity contribution in [1.29, 1.82) is 0 Å². The van der Waals surface area contributed by atoms with E-state index >= 15 is 0 Å². The van der Waals surface area contributed by atoms with Crippen LogP contribution in [0.2, 0.25) is 0 Å². The minimum atomic E-state index is -3.60. The predicted octanol–water partition coefficient (Wildman–Crippen LogP) is 0.948. The summed E-state index contributed by atoms with van der Waals surface area (Å²) in [5, 5.41) is 5.63. The number of aromatic nitrogens is 2. The number of imidazole rings is 1. The number of aryl methyl sites for hydroxylation is 2. The molecular weight excluding hydrogens is 446 g/mol. The number of hydrogen-bond acceptors (Lipinski definition) is 6. The number of hydrogen-bond donors (Lipinski definition) is 2. The van der Waals surface area contributed by atoms with Crippen LogP contribution >= 0.6 is 0 Å². The maximum Gasteiger partial charge on any atom is 0.243 e. The molecule has 2 heterocycles. The van der Waals surface area contributed by atoms with Gasteiger partial charge in [0.05, 0.1) is 29.1 Å². The van der Waals surface area contributed by atoms with E-state index in [1.54, 1.807) is 18.2 Å². The van der Waals surface area contributed by atoms with Crippen LogP contribution in [0.15, 0.2) is 23.1 Å². The predicted molar refractivity (Wildman–Crippen MR) is 124 cm³/mol. The van der Waals surface area contributed by atoms with E-state index in [-0.39, 0.29) is 42.1 Å². The molecule has 1 aromatic carbocycles. The van der Waals surface area contributed by atoms with Crippen LogP contribution in [0, 0.1) is 0 Å². The molecule has 182 valence electrons. The first-order valence-electron chi connectivity index (χ1n) is 11.3. The fraction of sp³-hybridized carbons (Fsp3) is 0.591. The highest BCUT2D eigenvalue weighted by Gasteiger charge is 2.27. The molecular formula is C22H33N5O5S. The first kappa shape index (κ1) is 25.1. The lowest BCUT2D eigenvalue weighted by atomic mass is 10.2. The van der Waals surface area contributed by atoms with Gasteiger partial charge >= 0.3 is 0 Å². The van der Waals surface area contributed by atoms with Crippen molar-refractivity contribution in [3.63, 3.8) is 0 Å². The summed E-state index contributed by atoms with van der Waals surface area (Å²) in [4.78, 5) is 28.7. The van der Waals surface area contributed by atoms with Gasteiger partial charge < -0.3 is 19.9 Å². The molecule has 0 radical (unpaired) electrons. The van der Waals surface area contributed by atoms with E-state index in [1.165, 1.54) is 4.31 Å². The van der Waals surface area contributed by atoms with Gasteiger partial charge in [0, 0.05) is 52.0 Å². The van der Waals surface area contributed by atoms with Crippen molar-refractivity contribution in [2.75, 3.05) is 32.8 Å². The molecule has 2 N–H and O–H groups in total. The van der Waals surface area contributed by atoms with Crippen LogP contribution < -0.4 is 10.6 Å². The van der Waals surface area contributed by atoms with Crippen molar-refractivity contribution >= 4 is 32.9 Å². The second kappa shape index (κ2) is 11.1. The van der Waals surface area contributed by atoms with E-state index in [1.807, 2.05) is 25.5 Å². The summed E-state index contributed by atoms with van der Waals surface area (Å²) < 4.78 is 34.4. The summed E-state index contributed by atoms with van der Waals surface area (Å²) in [5.74, 6) is 0.451. The molecule has 0 bridgehead atoms. The molecule has 3 rings (SSSR count). The average molecular weight is 480 g/mol. The van der Waals surface area contributed by atoms with Gasteiger partial charge in [0.25, 0.3) is 0 Å². The Labute approximate surface area is 194 Å². The van der Waals surface area contributed by atoms with Gasteiger partial charge in [0.1, 0.15) is 5.82 Å². The molecule has 1 fully saturated rings. The lowest BCUT2D eigenvalue weighted by Crippen LogP contribution is -2.40. The molecule has 1 unspecified atom stereocenters. The van der Waals surface area contributed by atoms with Gasteiger partial charge in [0.2, 0.25) is 21.8 Å². The van der Waals surface area contributed by atoms with Crippen molar-refractivity contribution in [3.8, 4) is 0 Å². The van der Waals surface area contributed by atoms with Crippen molar-refractivity contribution in [1.82, 2.24) is 24.5 Å². The zero-order chi connectivity index (χ0) is 24.0. The highest BCUT2D eigenvalue weighted by atomic mass is 32.2. The summed E-state index contributed by atoms with van der Waals surface area (Å²) in [5.41, 5.74) is 1.37. The summed E-state index contributed by atoms with van der Waals surface area (Å²) in [6, 6.07) is 5.04. The molecule has 11 heteroatoms. The summed E-state index contributed by atoms with van der Waals surface area (Å²) >= 11 is 0. The lowest BCUT2D eigenvalue weighted by Gasteiger charge is -2.26. The Morgan fingerprint density at radius 3 is 2.61 bits per heavy atom. The SMILES string of the molecule is CCC(C)NC(=O)CCNC(=O)CCc1nc2cc(S(=O)(=O)N3CCOCC3)ccc2n1C. The standard InChI is InChI=1S/C22H33N5O5S/c1-4-16(2)24-22(29)9-10-23-21(28)8-7-20-25-18-15-17(5-6-19(18)26(20)3)33(30,31)27-11-13-32-14-12-27/h5-6,15-16H,4,7-14H2,1-3H3,(H,23,28)(H,24,29). The van der Waals surface area contributed by atoms with Crippen molar-refractivity contribution < 1.29 is 22.7 Å². The lowest BCUT2D eigenvalue weighted by molar-refractivity contribution is -0.122. The molecule has 1 atom stereocenters. The largest absolute Gasteiger partial charge is 0.379 e. The average Bonchev–Trinajstić information content (AvgIpc) is 3.13. The molecule has 2 amide bonds. The Balaban J connectivity index is 1.58. The molecule has 0 spiro atoms. The van der Waals surface area contributed by atoms with Crippen LogP contribution in [0.4, 0.5) is 0 Å². The minimum absolute atomic E-state index is 0.0807. The molecule has 0 saturated carbocycles. The van der Waals surface area contributed by atoms with Gasteiger partial charge in [-0.3, -0.25) is 9.59 Å². The van der Waals surface area contributed by atoms with E-state index in [9.17, 15) is 18.0 Å². The zero-order valence-corrected chi connectivity index (χ0v) is 20.3. The minimum Gasteiger partial charge on any atom is -0.379 e. The van der Waals surface area contributed by atoms with Gasteiger partial charge in [-0.1, -0.05) is 6.92 Å². The molecule has 0 aliphatic carbocycles. The Bertz CT molecular complexity index is 1090. The molecule has 1 aromatic heterocycles. The van der Waals surface area contributed by atoms with Crippen LogP contribution in [0.5, 0.6) is 0 Å². The number of nitrogens with zero attached hydrogens (tertiary/aromatic N) is 3. The Hall–Kier alpha value is -2.50. The molecule has 1 aliphatic heterocycles. The fourth-order valence-electron chi connectivity index (χ4n) is 3.63. The molecule has 1 aliphatic rings. The van der Waals surface area contributed by atoms with Gasteiger partial charge in [0.15, 0.2) is 0 Å². The van der Waals surface area contributed by atoms with Crippen LogP contribution in [-0.2, 0) is 37.8 Å². The van der Waals surface area contributed by atoms with Gasteiger partial charge in [-0.05, 0) is 31.5 Å². The molecule has 2 aromatic rings. The van der Waals surface area contributed by atoms with E-state index in [0.717, 1.165) is 11.9 Å². The number of sulfonamides is 1. The number of carbonyl (C=O) groups excluding carboxylic acids is 2. The van der Waals surface area contributed by atoms with Gasteiger partial charge in [-0.25, -0.2) is 13.4 Å². The third-order valence-electron chi connectivity index (χ3n) is 5.82. The van der Waals surface area contributed by atoms with Crippen molar-refractivity contribution in [2.24, 2.45) is 7.05 Å².